The lowest BCUT2D eigenvalue weighted by molar-refractivity contribution is 0.0977. The fraction of sp³-hybridized carbons (Fsp3) is 0.750. The molecule has 2 N–H and O–H groups in total. The molecule has 1 aliphatic carbocycles. The van der Waals surface area contributed by atoms with E-state index in [9.17, 15) is 10.2 Å². The Bertz CT molecular complexity index is 373. The normalized spacial score (nSPS) is 26.7. The third-order valence-electron chi connectivity index (χ3n) is 3.54. The lowest BCUT2D eigenvalue weighted by atomic mass is 10.1. The average molecular weight is 224 g/mol. The van der Waals surface area contributed by atoms with Gasteiger partial charge in [-0.3, -0.25) is 4.68 Å². The Morgan fingerprint density at radius 3 is 2.50 bits per heavy atom. The van der Waals surface area contributed by atoms with Crippen molar-refractivity contribution in [2.24, 2.45) is 0 Å². The van der Waals surface area contributed by atoms with Crippen molar-refractivity contribution in [1.82, 2.24) is 9.78 Å². The van der Waals surface area contributed by atoms with E-state index in [4.69, 9.17) is 0 Å². The summed E-state index contributed by atoms with van der Waals surface area (Å²) in [6, 6.07) is 0.0297. The minimum atomic E-state index is -0.333. The van der Waals surface area contributed by atoms with Crippen LogP contribution in [0.25, 0.3) is 0 Å². The molecule has 0 amide bonds. The maximum atomic E-state index is 10.1. The summed E-state index contributed by atoms with van der Waals surface area (Å²) in [7, 11) is 0. The number of aromatic hydroxyl groups is 1. The van der Waals surface area contributed by atoms with Crippen LogP contribution in [-0.4, -0.2) is 26.1 Å². The van der Waals surface area contributed by atoms with Crippen LogP contribution in [0.5, 0.6) is 5.75 Å². The monoisotopic (exact) mass is 224 g/mol. The first-order valence-corrected chi connectivity index (χ1v) is 6.04. The summed E-state index contributed by atoms with van der Waals surface area (Å²) < 4.78 is 1.81. The predicted molar refractivity (Wildman–Crippen MR) is 61.5 cm³/mol. The fourth-order valence-electron chi connectivity index (χ4n) is 2.53. The third-order valence-corrected chi connectivity index (χ3v) is 3.54. The quantitative estimate of drug-likeness (QED) is 0.718. The van der Waals surface area contributed by atoms with Gasteiger partial charge in [-0.05, 0) is 26.7 Å². The molecule has 90 valence electrons. The van der Waals surface area contributed by atoms with Crippen LogP contribution >= 0.6 is 0 Å². The maximum Gasteiger partial charge on any atom is 0.159 e. The van der Waals surface area contributed by atoms with E-state index in [1.165, 1.54) is 6.42 Å². The molecule has 0 radical (unpaired) electrons. The van der Waals surface area contributed by atoms with Crippen molar-refractivity contribution in [3.05, 3.63) is 11.4 Å². The van der Waals surface area contributed by atoms with E-state index in [0.29, 0.717) is 5.69 Å². The van der Waals surface area contributed by atoms with Crippen LogP contribution < -0.4 is 0 Å². The van der Waals surface area contributed by atoms with Crippen molar-refractivity contribution in [3.8, 4) is 5.75 Å². The van der Waals surface area contributed by atoms with E-state index in [0.717, 1.165) is 31.4 Å². The van der Waals surface area contributed by atoms with Gasteiger partial charge in [0.15, 0.2) is 5.75 Å². The van der Waals surface area contributed by atoms with Gasteiger partial charge in [-0.2, -0.15) is 5.10 Å². The van der Waals surface area contributed by atoms with E-state index in [1.54, 1.807) is 11.6 Å². The Kier molecular flexibility index (Phi) is 3.19. The third kappa shape index (κ3) is 1.94. The summed E-state index contributed by atoms with van der Waals surface area (Å²) >= 11 is 0. The van der Waals surface area contributed by atoms with Gasteiger partial charge >= 0.3 is 0 Å². The molecule has 2 rings (SSSR count). The predicted octanol–water partition coefficient (Wildman–Crippen LogP) is 2.07. The second-order valence-electron chi connectivity index (χ2n) is 4.74. The molecule has 0 spiro atoms. The second kappa shape index (κ2) is 4.45. The van der Waals surface area contributed by atoms with E-state index in [-0.39, 0.29) is 17.9 Å². The number of aliphatic hydroxyl groups is 1. The number of aryl methyl sites for hydroxylation is 1. The summed E-state index contributed by atoms with van der Waals surface area (Å²) in [5.74, 6) is 0.261. The van der Waals surface area contributed by atoms with Crippen LogP contribution in [0, 0.1) is 13.8 Å². The van der Waals surface area contributed by atoms with Gasteiger partial charge in [0.05, 0.1) is 17.8 Å². The molecule has 4 heteroatoms. The Hall–Kier alpha value is -1.03. The lowest BCUT2D eigenvalue weighted by Gasteiger charge is -2.22. The highest BCUT2D eigenvalue weighted by Crippen LogP contribution is 2.31. The van der Waals surface area contributed by atoms with Crippen molar-refractivity contribution < 1.29 is 10.2 Å². The lowest BCUT2D eigenvalue weighted by Crippen LogP contribution is -2.24. The zero-order valence-corrected chi connectivity index (χ0v) is 9.98. The van der Waals surface area contributed by atoms with Crippen LogP contribution in [0.2, 0.25) is 0 Å². The van der Waals surface area contributed by atoms with Crippen molar-refractivity contribution in [1.29, 1.82) is 0 Å². The molecule has 4 nitrogen and oxygen atoms in total. The van der Waals surface area contributed by atoms with Gasteiger partial charge in [0, 0.05) is 0 Å². The van der Waals surface area contributed by atoms with Crippen molar-refractivity contribution in [2.45, 2.75) is 58.1 Å². The Labute approximate surface area is 95.9 Å². The SMILES string of the molecule is Cc1nn(C2CCCCCC2O)c(C)c1O. The first kappa shape index (κ1) is 11.5. The van der Waals surface area contributed by atoms with Crippen LogP contribution in [0.15, 0.2) is 0 Å². The zero-order valence-electron chi connectivity index (χ0n) is 9.98. The van der Waals surface area contributed by atoms with E-state index >= 15 is 0 Å². The highest BCUT2D eigenvalue weighted by molar-refractivity contribution is 5.30. The molecule has 16 heavy (non-hydrogen) atoms. The van der Waals surface area contributed by atoms with E-state index in [1.807, 2.05) is 6.92 Å². The topological polar surface area (TPSA) is 58.3 Å². The average Bonchev–Trinajstić information content (AvgIpc) is 2.47. The number of nitrogens with zero attached hydrogens (tertiary/aromatic N) is 2. The molecular formula is C12H20N2O2. The standard InChI is InChI=1S/C12H20N2O2/c1-8-12(16)9(2)14(13-8)10-6-4-3-5-7-11(10)15/h10-11,15-16H,3-7H2,1-2H3. The van der Waals surface area contributed by atoms with Gasteiger partial charge < -0.3 is 10.2 Å². The van der Waals surface area contributed by atoms with Gasteiger partial charge in [-0.15, -0.1) is 0 Å². The summed E-state index contributed by atoms with van der Waals surface area (Å²) in [4.78, 5) is 0. The number of hydrogen-bond donors (Lipinski definition) is 2. The van der Waals surface area contributed by atoms with Crippen LogP contribution in [0.3, 0.4) is 0 Å². The Morgan fingerprint density at radius 1 is 1.19 bits per heavy atom. The molecule has 2 atom stereocenters. The molecule has 1 aromatic heterocycles. The number of rotatable bonds is 1. The van der Waals surface area contributed by atoms with Gasteiger partial charge in [0.1, 0.15) is 5.69 Å². The molecule has 1 fully saturated rings. The Morgan fingerprint density at radius 2 is 1.88 bits per heavy atom. The summed E-state index contributed by atoms with van der Waals surface area (Å²) in [5, 5.41) is 24.2. The summed E-state index contributed by atoms with van der Waals surface area (Å²) in [6.45, 7) is 3.65. The molecule has 1 aromatic rings. The fourth-order valence-corrected chi connectivity index (χ4v) is 2.53. The van der Waals surface area contributed by atoms with Crippen molar-refractivity contribution in [3.63, 3.8) is 0 Å². The minimum Gasteiger partial charge on any atom is -0.504 e. The van der Waals surface area contributed by atoms with Gasteiger partial charge in [-0.25, -0.2) is 0 Å². The van der Waals surface area contributed by atoms with Gasteiger partial charge in [0.2, 0.25) is 0 Å². The van der Waals surface area contributed by atoms with E-state index in [2.05, 4.69) is 5.10 Å². The maximum absolute atomic E-state index is 10.1. The largest absolute Gasteiger partial charge is 0.504 e. The summed E-state index contributed by atoms with van der Waals surface area (Å²) in [6.07, 6.45) is 4.84. The molecule has 0 bridgehead atoms. The van der Waals surface area contributed by atoms with Crippen LogP contribution in [0.4, 0.5) is 0 Å². The zero-order chi connectivity index (χ0) is 11.7. The minimum absolute atomic E-state index is 0.0297. The Balaban J connectivity index is 2.30. The molecule has 0 aliphatic heterocycles. The van der Waals surface area contributed by atoms with Crippen molar-refractivity contribution in [2.75, 3.05) is 0 Å². The molecular weight excluding hydrogens is 204 g/mol. The molecule has 0 saturated heterocycles. The molecule has 1 heterocycles. The molecule has 0 aromatic carbocycles. The first-order chi connectivity index (χ1) is 7.61. The number of hydrogen-bond acceptors (Lipinski definition) is 3. The van der Waals surface area contributed by atoms with Gasteiger partial charge in [0.25, 0.3) is 0 Å². The summed E-state index contributed by atoms with van der Waals surface area (Å²) in [5.41, 5.74) is 1.41. The number of aromatic nitrogens is 2. The molecule has 1 saturated carbocycles. The molecule has 2 unspecified atom stereocenters. The highest BCUT2D eigenvalue weighted by Gasteiger charge is 2.26. The van der Waals surface area contributed by atoms with Crippen LogP contribution in [0.1, 0.15) is 49.5 Å². The highest BCUT2D eigenvalue weighted by atomic mass is 16.3. The van der Waals surface area contributed by atoms with Crippen LogP contribution in [-0.2, 0) is 0 Å². The first-order valence-electron chi connectivity index (χ1n) is 6.04. The number of aliphatic hydroxyl groups excluding tert-OH is 1. The molecule has 1 aliphatic rings. The van der Waals surface area contributed by atoms with E-state index < -0.39 is 0 Å². The smallest absolute Gasteiger partial charge is 0.159 e. The second-order valence-corrected chi connectivity index (χ2v) is 4.74. The van der Waals surface area contributed by atoms with Crippen molar-refractivity contribution >= 4 is 0 Å². The van der Waals surface area contributed by atoms with Gasteiger partial charge in [-0.1, -0.05) is 19.3 Å².